The van der Waals surface area contributed by atoms with Crippen LogP contribution >= 0.6 is 0 Å². The van der Waals surface area contributed by atoms with Gasteiger partial charge in [0, 0.05) is 25.4 Å². The largest absolute Gasteiger partial charge is 0.497 e. The van der Waals surface area contributed by atoms with Gasteiger partial charge in [-0.15, -0.1) is 0 Å². The molecule has 0 spiro atoms. The molecule has 1 aliphatic rings. The first kappa shape index (κ1) is 27.4. The van der Waals surface area contributed by atoms with Crippen molar-refractivity contribution in [2.24, 2.45) is 0 Å². The van der Waals surface area contributed by atoms with Gasteiger partial charge >= 0.3 is 5.97 Å². The number of benzene rings is 2. The molecule has 0 radical (unpaired) electrons. The maximum Gasteiger partial charge on any atom is 0.373 e. The number of sulfonamides is 1. The first-order valence-electron chi connectivity index (χ1n) is 11.5. The molecule has 194 valence electrons. The Hall–Kier alpha value is -3.18. The normalized spacial score (nSPS) is 17.7. The van der Waals surface area contributed by atoms with Gasteiger partial charge in [0.05, 0.1) is 25.2 Å². The molecule has 10 heteroatoms. The van der Waals surface area contributed by atoms with Crippen LogP contribution in [0.15, 0.2) is 84.0 Å². The van der Waals surface area contributed by atoms with Gasteiger partial charge in [-0.2, -0.15) is 4.31 Å². The Morgan fingerprint density at radius 1 is 1.17 bits per heavy atom. The number of methoxy groups -OCH3 is 1. The SMILES string of the molecule is C=CCOC(=O)C1=C[C@@H](c2ccccc2)C[C@@H](OCCN(CCO)S(=O)(=O)c2ccc(OC)cc2)O1. The minimum atomic E-state index is -3.88. The molecule has 0 amide bonds. The van der Waals surface area contributed by atoms with Gasteiger partial charge in [0.15, 0.2) is 0 Å². The van der Waals surface area contributed by atoms with Crippen molar-refractivity contribution in [3.05, 3.63) is 84.7 Å². The molecule has 0 saturated carbocycles. The van der Waals surface area contributed by atoms with Crippen LogP contribution in [0, 0.1) is 0 Å². The maximum absolute atomic E-state index is 13.1. The monoisotopic (exact) mass is 517 g/mol. The Kier molecular flexibility index (Phi) is 10.1. The van der Waals surface area contributed by atoms with E-state index in [-0.39, 0.29) is 49.5 Å². The molecule has 0 aromatic heterocycles. The Bertz CT molecular complexity index is 1130. The molecule has 9 nitrogen and oxygen atoms in total. The van der Waals surface area contributed by atoms with E-state index < -0.39 is 22.3 Å². The summed E-state index contributed by atoms with van der Waals surface area (Å²) in [4.78, 5) is 12.5. The van der Waals surface area contributed by atoms with Gasteiger partial charge in [-0.1, -0.05) is 43.0 Å². The van der Waals surface area contributed by atoms with E-state index in [2.05, 4.69) is 6.58 Å². The average molecular weight is 518 g/mol. The molecule has 36 heavy (non-hydrogen) atoms. The fourth-order valence-electron chi connectivity index (χ4n) is 3.69. The highest BCUT2D eigenvalue weighted by Crippen LogP contribution is 2.32. The minimum Gasteiger partial charge on any atom is -0.497 e. The van der Waals surface area contributed by atoms with E-state index in [1.54, 1.807) is 18.2 Å². The number of hydrogen-bond donors (Lipinski definition) is 1. The van der Waals surface area contributed by atoms with Gasteiger partial charge in [-0.05, 0) is 35.9 Å². The van der Waals surface area contributed by atoms with E-state index in [4.69, 9.17) is 18.9 Å². The number of esters is 1. The zero-order valence-corrected chi connectivity index (χ0v) is 20.9. The summed E-state index contributed by atoms with van der Waals surface area (Å²) < 4.78 is 49.1. The topological polar surface area (TPSA) is 112 Å². The summed E-state index contributed by atoms with van der Waals surface area (Å²) in [6.07, 6.45) is 2.79. The van der Waals surface area contributed by atoms with E-state index in [1.165, 1.54) is 25.3 Å². The third kappa shape index (κ3) is 7.17. The fraction of sp³-hybridized carbons (Fsp3) is 0.346. The third-order valence-electron chi connectivity index (χ3n) is 5.51. The predicted molar refractivity (Wildman–Crippen MR) is 133 cm³/mol. The molecule has 0 aliphatic carbocycles. The molecule has 1 aliphatic heterocycles. The highest BCUT2D eigenvalue weighted by Gasteiger charge is 2.30. The van der Waals surface area contributed by atoms with Gasteiger partial charge in [0.25, 0.3) is 0 Å². The van der Waals surface area contributed by atoms with Crippen molar-refractivity contribution in [2.75, 3.05) is 40.0 Å². The van der Waals surface area contributed by atoms with Crippen LogP contribution < -0.4 is 4.74 Å². The molecular formula is C26H31NO8S. The molecule has 0 saturated heterocycles. The minimum absolute atomic E-state index is 0.0173. The number of allylic oxidation sites excluding steroid dienone is 1. The van der Waals surface area contributed by atoms with Gasteiger partial charge in [-0.3, -0.25) is 0 Å². The molecule has 0 fully saturated rings. The number of nitrogens with zero attached hydrogens (tertiary/aromatic N) is 1. The number of carbonyl (C=O) groups excluding carboxylic acids is 1. The lowest BCUT2D eigenvalue weighted by Gasteiger charge is -2.29. The lowest BCUT2D eigenvalue weighted by Crippen LogP contribution is -2.37. The summed E-state index contributed by atoms with van der Waals surface area (Å²) in [6, 6.07) is 15.6. The molecule has 1 heterocycles. The number of carbonyl (C=O) groups is 1. The number of ether oxygens (including phenoxy) is 4. The Morgan fingerprint density at radius 2 is 1.89 bits per heavy atom. The Morgan fingerprint density at radius 3 is 2.53 bits per heavy atom. The lowest BCUT2D eigenvalue weighted by atomic mass is 9.93. The molecule has 3 rings (SSSR count). The van der Waals surface area contributed by atoms with Gasteiger partial charge in [0.2, 0.25) is 22.1 Å². The quantitative estimate of drug-likeness (QED) is 0.319. The van der Waals surface area contributed by atoms with Crippen molar-refractivity contribution in [3.8, 4) is 5.75 Å². The van der Waals surface area contributed by atoms with Crippen molar-refractivity contribution in [3.63, 3.8) is 0 Å². The van der Waals surface area contributed by atoms with E-state index in [9.17, 15) is 18.3 Å². The molecule has 2 aromatic rings. The van der Waals surface area contributed by atoms with Crippen LogP contribution in [0.1, 0.15) is 17.9 Å². The molecule has 0 unspecified atom stereocenters. The number of aliphatic hydroxyl groups is 1. The third-order valence-corrected chi connectivity index (χ3v) is 7.42. The molecule has 2 atom stereocenters. The first-order valence-corrected chi connectivity index (χ1v) is 12.9. The maximum atomic E-state index is 13.1. The Balaban J connectivity index is 1.69. The van der Waals surface area contributed by atoms with Crippen molar-refractivity contribution < 1.29 is 37.3 Å². The van der Waals surface area contributed by atoms with E-state index in [0.29, 0.717) is 12.2 Å². The molecule has 1 N–H and O–H groups in total. The van der Waals surface area contributed by atoms with Crippen LogP contribution in [0.3, 0.4) is 0 Å². The fourth-order valence-corrected chi connectivity index (χ4v) is 5.11. The van der Waals surface area contributed by atoms with Gasteiger partial charge < -0.3 is 24.1 Å². The van der Waals surface area contributed by atoms with Crippen LogP contribution in [0.5, 0.6) is 5.75 Å². The summed E-state index contributed by atoms with van der Waals surface area (Å²) in [5, 5.41) is 9.45. The lowest BCUT2D eigenvalue weighted by molar-refractivity contribution is -0.160. The van der Waals surface area contributed by atoms with Crippen LogP contribution in [-0.4, -0.2) is 70.1 Å². The van der Waals surface area contributed by atoms with Crippen LogP contribution in [-0.2, 0) is 29.0 Å². The van der Waals surface area contributed by atoms with Gasteiger partial charge in [-0.25, -0.2) is 13.2 Å². The van der Waals surface area contributed by atoms with E-state index in [1.807, 2.05) is 30.3 Å². The van der Waals surface area contributed by atoms with Crippen LogP contribution in [0.25, 0.3) is 0 Å². The van der Waals surface area contributed by atoms with E-state index in [0.717, 1.165) is 9.87 Å². The van der Waals surface area contributed by atoms with Gasteiger partial charge in [0.1, 0.15) is 12.4 Å². The summed E-state index contributed by atoms with van der Waals surface area (Å²) in [7, 11) is -2.38. The smallest absolute Gasteiger partial charge is 0.373 e. The van der Waals surface area contributed by atoms with E-state index >= 15 is 0 Å². The second-order valence-corrected chi connectivity index (χ2v) is 9.83. The second kappa shape index (κ2) is 13.2. The summed E-state index contributed by atoms with van der Waals surface area (Å²) in [6.45, 7) is 3.08. The highest BCUT2D eigenvalue weighted by molar-refractivity contribution is 7.89. The average Bonchev–Trinajstić information content (AvgIpc) is 2.91. The van der Waals surface area contributed by atoms with Crippen molar-refractivity contribution in [2.45, 2.75) is 23.5 Å². The number of hydrogen-bond acceptors (Lipinski definition) is 8. The molecule has 2 aromatic carbocycles. The summed E-state index contributed by atoms with van der Waals surface area (Å²) in [5.41, 5.74) is 0.979. The number of aliphatic hydroxyl groups excluding tert-OH is 1. The summed E-state index contributed by atoms with van der Waals surface area (Å²) >= 11 is 0. The predicted octanol–water partition coefficient (Wildman–Crippen LogP) is 2.84. The highest BCUT2D eigenvalue weighted by atomic mass is 32.2. The van der Waals surface area contributed by atoms with Crippen molar-refractivity contribution in [1.29, 1.82) is 0 Å². The zero-order valence-electron chi connectivity index (χ0n) is 20.1. The Labute approximate surface area is 211 Å². The van der Waals surface area contributed by atoms with Crippen molar-refractivity contribution in [1.82, 2.24) is 4.31 Å². The standard InChI is InChI=1S/C26H31NO8S/c1-3-16-34-26(29)24-18-21(20-7-5-4-6-8-20)19-25(35-24)33-17-14-27(13-15-28)36(30,31)23-11-9-22(32-2)10-12-23/h3-12,18,21,25,28H,1,13-17,19H2,2H3/t21-,25+/m1/s1. The first-order chi connectivity index (χ1) is 17.4. The molecule has 0 bridgehead atoms. The summed E-state index contributed by atoms with van der Waals surface area (Å²) in [5.74, 6) is -0.232. The van der Waals surface area contributed by atoms with Crippen molar-refractivity contribution >= 4 is 16.0 Å². The number of rotatable bonds is 13. The van der Waals surface area contributed by atoms with Crippen LogP contribution in [0.2, 0.25) is 0 Å². The molecular weight excluding hydrogens is 486 g/mol. The zero-order chi connectivity index (χ0) is 26.0. The second-order valence-electron chi connectivity index (χ2n) is 7.89. The van der Waals surface area contributed by atoms with Crippen LogP contribution in [0.4, 0.5) is 0 Å².